The van der Waals surface area contributed by atoms with Gasteiger partial charge >= 0.3 is 0 Å². The molecule has 0 aromatic rings. The molecule has 0 aromatic heterocycles. The van der Waals surface area contributed by atoms with E-state index in [0.717, 1.165) is 0 Å². The molecule has 1 heterocycles. The molecule has 0 spiro atoms. The van der Waals surface area contributed by atoms with E-state index in [4.69, 9.17) is 4.74 Å². The van der Waals surface area contributed by atoms with Crippen LogP contribution in [0.3, 0.4) is 0 Å². The largest absolute Gasteiger partial charge is 0.391 e. The second-order valence-corrected chi connectivity index (χ2v) is 5.96. The smallest absolute Gasteiger partial charge is 0.226 e. The number of aliphatic hydroxyl groups excluding tert-OH is 1. The summed E-state index contributed by atoms with van der Waals surface area (Å²) in [7, 11) is 0. The van der Waals surface area contributed by atoms with Crippen molar-refractivity contribution < 1.29 is 14.6 Å². The van der Waals surface area contributed by atoms with Crippen LogP contribution in [-0.2, 0) is 9.53 Å². The van der Waals surface area contributed by atoms with Crippen LogP contribution in [0, 0.1) is 17.8 Å². The summed E-state index contributed by atoms with van der Waals surface area (Å²) in [5.74, 6) is 0.556. The molecule has 5 atom stereocenters. The van der Waals surface area contributed by atoms with Crippen LogP contribution in [0.15, 0.2) is 0 Å². The van der Waals surface area contributed by atoms with Gasteiger partial charge in [0.25, 0.3) is 0 Å². The summed E-state index contributed by atoms with van der Waals surface area (Å²) in [6.45, 7) is 10.4. The van der Waals surface area contributed by atoms with E-state index < -0.39 is 6.10 Å². The average molecular weight is 257 g/mol. The number of ether oxygens (including phenoxy) is 1. The Balaban J connectivity index is 2.41. The molecule has 1 aliphatic heterocycles. The maximum Gasteiger partial charge on any atom is 0.226 e. The lowest BCUT2D eigenvalue weighted by Crippen LogP contribution is -2.41. The monoisotopic (exact) mass is 257 g/mol. The lowest BCUT2D eigenvalue weighted by Gasteiger charge is -2.20. The predicted molar refractivity (Wildman–Crippen MR) is 71.1 cm³/mol. The SMILES string of the molecule is CC(C)CC(O)CNC(=O)C1C(C)OC(C)C1C. The van der Waals surface area contributed by atoms with Crippen molar-refractivity contribution in [1.82, 2.24) is 5.32 Å². The molecule has 2 N–H and O–H groups in total. The number of aliphatic hydroxyl groups is 1. The van der Waals surface area contributed by atoms with E-state index >= 15 is 0 Å². The van der Waals surface area contributed by atoms with E-state index in [2.05, 4.69) is 19.2 Å². The molecule has 1 amide bonds. The van der Waals surface area contributed by atoms with Gasteiger partial charge in [-0.05, 0) is 32.1 Å². The summed E-state index contributed by atoms with van der Waals surface area (Å²) < 4.78 is 5.66. The summed E-state index contributed by atoms with van der Waals surface area (Å²) in [5, 5.41) is 12.6. The zero-order valence-electron chi connectivity index (χ0n) is 12.1. The van der Waals surface area contributed by atoms with Crippen molar-refractivity contribution >= 4 is 5.91 Å². The fourth-order valence-corrected chi connectivity index (χ4v) is 2.68. The lowest BCUT2D eigenvalue weighted by molar-refractivity contribution is -0.127. The van der Waals surface area contributed by atoms with Gasteiger partial charge in [-0.15, -0.1) is 0 Å². The van der Waals surface area contributed by atoms with E-state index in [9.17, 15) is 9.90 Å². The molecule has 0 saturated carbocycles. The molecule has 5 unspecified atom stereocenters. The zero-order chi connectivity index (χ0) is 13.9. The van der Waals surface area contributed by atoms with E-state index in [0.29, 0.717) is 18.9 Å². The number of rotatable bonds is 5. The van der Waals surface area contributed by atoms with Crippen molar-refractivity contribution in [3.63, 3.8) is 0 Å². The van der Waals surface area contributed by atoms with E-state index in [1.54, 1.807) is 0 Å². The number of carbonyl (C=O) groups is 1. The van der Waals surface area contributed by atoms with E-state index in [1.807, 2.05) is 20.8 Å². The molecule has 0 aliphatic carbocycles. The highest BCUT2D eigenvalue weighted by Gasteiger charge is 2.41. The fourth-order valence-electron chi connectivity index (χ4n) is 2.68. The Bertz CT molecular complexity index is 280. The molecule has 0 aromatic carbocycles. The Morgan fingerprint density at radius 1 is 1.28 bits per heavy atom. The number of nitrogens with one attached hydrogen (secondary N) is 1. The highest BCUT2D eigenvalue weighted by molar-refractivity contribution is 5.79. The van der Waals surface area contributed by atoms with Gasteiger partial charge in [0.1, 0.15) is 0 Å². The van der Waals surface area contributed by atoms with Crippen LogP contribution in [0.25, 0.3) is 0 Å². The quantitative estimate of drug-likeness (QED) is 0.786. The topological polar surface area (TPSA) is 58.6 Å². The highest BCUT2D eigenvalue weighted by atomic mass is 16.5. The molecule has 1 aliphatic rings. The third kappa shape index (κ3) is 3.95. The Morgan fingerprint density at radius 3 is 2.33 bits per heavy atom. The van der Waals surface area contributed by atoms with Crippen molar-refractivity contribution in [3.05, 3.63) is 0 Å². The second kappa shape index (κ2) is 6.53. The first-order chi connectivity index (χ1) is 8.32. The van der Waals surface area contributed by atoms with Gasteiger partial charge in [0.15, 0.2) is 0 Å². The van der Waals surface area contributed by atoms with Crippen LogP contribution < -0.4 is 5.32 Å². The standard InChI is InChI=1S/C14H27NO3/c1-8(2)6-12(16)7-15-14(17)13-9(3)10(4)18-11(13)5/h8-13,16H,6-7H2,1-5H3,(H,15,17). The summed E-state index contributed by atoms with van der Waals surface area (Å²) >= 11 is 0. The van der Waals surface area contributed by atoms with Gasteiger partial charge < -0.3 is 15.2 Å². The molecule has 0 radical (unpaired) electrons. The van der Waals surface area contributed by atoms with Gasteiger partial charge in [0.05, 0.1) is 24.2 Å². The summed E-state index contributed by atoms with van der Waals surface area (Å²) in [6, 6.07) is 0. The Hall–Kier alpha value is -0.610. The highest BCUT2D eigenvalue weighted by Crippen LogP contribution is 2.32. The zero-order valence-corrected chi connectivity index (χ0v) is 12.1. The molecular weight excluding hydrogens is 230 g/mol. The van der Waals surface area contributed by atoms with Crippen LogP contribution in [-0.4, -0.2) is 35.9 Å². The van der Waals surface area contributed by atoms with Gasteiger partial charge in [-0.2, -0.15) is 0 Å². The minimum absolute atomic E-state index is 0.00200. The van der Waals surface area contributed by atoms with Crippen LogP contribution in [0.4, 0.5) is 0 Å². The first-order valence-corrected chi connectivity index (χ1v) is 6.94. The molecule has 4 nitrogen and oxygen atoms in total. The van der Waals surface area contributed by atoms with Crippen LogP contribution in [0.5, 0.6) is 0 Å². The van der Waals surface area contributed by atoms with Crippen molar-refractivity contribution in [2.24, 2.45) is 17.8 Å². The lowest BCUT2D eigenvalue weighted by atomic mass is 9.89. The third-order valence-corrected chi connectivity index (χ3v) is 3.80. The Morgan fingerprint density at radius 2 is 1.89 bits per heavy atom. The van der Waals surface area contributed by atoms with Gasteiger partial charge in [-0.1, -0.05) is 20.8 Å². The summed E-state index contributed by atoms with van der Waals surface area (Å²) in [4.78, 5) is 12.1. The van der Waals surface area contributed by atoms with Gasteiger partial charge in [0, 0.05) is 6.54 Å². The average Bonchev–Trinajstić information content (AvgIpc) is 2.49. The first kappa shape index (κ1) is 15.4. The van der Waals surface area contributed by atoms with Crippen LogP contribution in [0.2, 0.25) is 0 Å². The van der Waals surface area contributed by atoms with Crippen molar-refractivity contribution in [2.75, 3.05) is 6.54 Å². The normalized spacial score (nSPS) is 33.7. The third-order valence-electron chi connectivity index (χ3n) is 3.80. The maximum absolute atomic E-state index is 12.1. The van der Waals surface area contributed by atoms with Crippen LogP contribution >= 0.6 is 0 Å². The Labute approximate surface area is 110 Å². The van der Waals surface area contributed by atoms with Crippen molar-refractivity contribution in [2.45, 2.75) is 59.4 Å². The molecular formula is C14H27NO3. The molecule has 1 saturated heterocycles. The summed E-state index contributed by atoms with van der Waals surface area (Å²) in [5.41, 5.74) is 0. The molecule has 18 heavy (non-hydrogen) atoms. The predicted octanol–water partition coefficient (Wildman–Crippen LogP) is 1.57. The van der Waals surface area contributed by atoms with Gasteiger partial charge in [0.2, 0.25) is 5.91 Å². The van der Waals surface area contributed by atoms with E-state index in [1.165, 1.54) is 0 Å². The number of amides is 1. The van der Waals surface area contributed by atoms with Gasteiger partial charge in [-0.3, -0.25) is 4.79 Å². The Kier molecular flexibility index (Phi) is 5.60. The number of hydrogen-bond donors (Lipinski definition) is 2. The van der Waals surface area contributed by atoms with Gasteiger partial charge in [-0.25, -0.2) is 0 Å². The second-order valence-electron chi connectivity index (χ2n) is 5.96. The van der Waals surface area contributed by atoms with Crippen molar-refractivity contribution in [1.29, 1.82) is 0 Å². The first-order valence-electron chi connectivity index (χ1n) is 6.94. The molecule has 1 rings (SSSR count). The van der Waals surface area contributed by atoms with Crippen molar-refractivity contribution in [3.8, 4) is 0 Å². The molecule has 1 fully saturated rings. The minimum Gasteiger partial charge on any atom is -0.391 e. The number of carbonyl (C=O) groups excluding carboxylic acids is 1. The fraction of sp³-hybridized carbons (Fsp3) is 0.929. The maximum atomic E-state index is 12.1. The van der Waals surface area contributed by atoms with Crippen LogP contribution in [0.1, 0.15) is 41.0 Å². The molecule has 0 bridgehead atoms. The molecule has 4 heteroatoms. The van der Waals surface area contributed by atoms with E-state index in [-0.39, 0.29) is 30.0 Å². The summed E-state index contributed by atoms with van der Waals surface area (Å²) in [6.07, 6.45) is 0.330. The molecule has 106 valence electrons. The minimum atomic E-state index is -0.459. The number of hydrogen-bond acceptors (Lipinski definition) is 3.